The van der Waals surface area contributed by atoms with Crippen molar-refractivity contribution < 1.29 is 19.4 Å². The molecule has 4 N–H and O–H groups in total. The van der Waals surface area contributed by atoms with Crippen LogP contribution < -0.4 is 11.1 Å². The fourth-order valence-corrected chi connectivity index (χ4v) is 2.53. The van der Waals surface area contributed by atoms with Crippen LogP contribution in [0.5, 0.6) is 0 Å². The molecule has 1 fully saturated rings. The number of carbonyl (C=O) groups excluding carboxylic acids is 1. The van der Waals surface area contributed by atoms with Crippen LogP contribution >= 0.6 is 0 Å². The molecule has 0 bridgehead atoms. The number of aliphatic carboxylic acids is 1. The lowest BCUT2D eigenvalue weighted by molar-refractivity contribution is -0.149. The quantitative estimate of drug-likeness (QED) is 0.611. The minimum Gasteiger partial charge on any atom is -0.479 e. The minimum absolute atomic E-state index is 0.0384. The largest absolute Gasteiger partial charge is 0.479 e. The van der Waals surface area contributed by atoms with Crippen molar-refractivity contribution in [2.24, 2.45) is 17.6 Å². The van der Waals surface area contributed by atoms with Crippen LogP contribution in [0.2, 0.25) is 0 Å². The summed E-state index contributed by atoms with van der Waals surface area (Å²) in [6, 6.07) is 0. The fourth-order valence-electron chi connectivity index (χ4n) is 2.53. The van der Waals surface area contributed by atoms with Gasteiger partial charge < -0.3 is 20.9 Å². The zero-order chi connectivity index (χ0) is 15.1. The van der Waals surface area contributed by atoms with Gasteiger partial charge in [-0.05, 0) is 37.6 Å². The Bertz CT molecular complexity index is 333. The monoisotopic (exact) mass is 286 g/mol. The van der Waals surface area contributed by atoms with Crippen molar-refractivity contribution in [2.45, 2.75) is 51.7 Å². The van der Waals surface area contributed by atoms with Gasteiger partial charge in [-0.25, -0.2) is 4.79 Å². The molecule has 1 rings (SSSR count). The number of nitrogens with two attached hydrogens (primary N) is 1. The van der Waals surface area contributed by atoms with Crippen molar-refractivity contribution in [3.63, 3.8) is 0 Å². The van der Waals surface area contributed by atoms with E-state index in [1.165, 1.54) is 0 Å². The van der Waals surface area contributed by atoms with E-state index >= 15 is 0 Å². The van der Waals surface area contributed by atoms with Crippen LogP contribution in [0.15, 0.2) is 0 Å². The number of amides is 1. The highest BCUT2D eigenvalue weighted by Gasteiger charge is 2.30. The summed E-state index contributed by atoms with van der Waals surface area (Å²) < 4.78 is 5.33. The van der Waals surface area contributed by atoms with Crippen LogP contribution in [-0.2, 0) is 14.3 Å². The standard InChI is InChI=1S/C14H26N2O4/c1-9(2)5-10(7-15)6-13(17)16-8-11-3-4-12(20-11)14(18)19/h9-12H,3-8,15H2,1-2H3,(H,16,17)(H,18,19)/t10-,11?,12?/m0/s1. The van der Waals surface area contributed by atoms with Crippen molar-refractivity contribution in [1.82, 2.24) is 5.32 Å². The first-order valence-electron chi connectivity index (χ1n) is 7.27. The van der Waals surface area contributed by atoms with E-state index in [2.05, 4.69) is 19.2 Å². The van der Waals surface area contributed by atoms with Crippen molar-refractivity contribution in [1.29, 1.82) is 0 Å². The second kappa shape index (κ2) is 8.21. The molecule has 116 valence electrons. The van der Waals surface area contributed by atoms with Gasteiger partial charge in [-0.2, -0.15) is 0 Å². The molecule has 0 saturated carbocycles. The van der Waals surface area contributed by atoms with Gasteiger partial charge in [0.15, 0.2) is 6.10 Å². The van der Waals surface area contributed by atoms with Crippen molar-refractivity contribution in [3.8, 4) is 0 Å². The summed E-state index contributed by atoms with van der Waals surface area (Å²) in [5.41, 5.74) is 5.67. The predicted molar refractivity (Wildman–Crippen MR) is 75.2 cm³/mol. The zero-order valence-electron chi connectivity index (χ0n) is 12.3. The number of ether oxygens (including phenoxy) is 1. The number of carboxylic acid groups (broad SMARTS) is 1. The van der Waals surface area contributed by atoms with Gasteiger partial charge in [-0.15, -0.1) is 0 Å². The molecule has 1 aliphatic rings. The predicted octanol–water partition coefficient (Wildman–Crippen LogP) is 0.746. The molecular formula is C14H26N2O4. The molecule has 1 amide bonds. The van der Waals surface area contributed by atoms with E-state index in [0.717, 1.165) is 6.42 Å². The van der Waals surface area contributed by atoms with Gasteiger partial charge in [0.2, 0.25) is 5.91 Å². The van der Waals surface area contributed by atoms with E-state index in [1.54, 1.807) is 0 Å². The van der Waals surface area contributed by atoms with Crippen LogP contribution in [0.25, 0.3) is 0 Å². The average Bonchev–Trinajstić information content (AvgIpc) is 2.84. The maximum atomic E-state index is 11.8. The fraction of sp³-hybridized carbons (Fsp3) is 0.857. The molecule has 6 heteroatoms. The minimum atomic E-state index is -0.932. The molecule has 1 saturated heterocycles. The Morgan fingerprint density at radius 2 is 2.10 bits per heavy atom. The Hall–Kier alpha value is -1.14. The van der Waals surface area contributed by atoms with Crippen molar-refractivity contribution >= 4 is 11.9 Å². The third kappa shape index (κ3) is 5.88. The van der Waals surface area contributed by atoms with Gasteiger partial charge >= 0.3 is 5.97 Å². The molecule has 0 aromatic heterocycles. The van der Waals surface area contributed by atoms with E-state index in [0.29, 0.717) is 38.3 Å². The normalized spacial score (nSPS) is 23.8. The van der Waals surface area contributed by atoms with Crippen LogP contribution in [0.3, 0.4) is 0 Å². The van der Waals surface area contributed by atoms with Crippen molar-refractivity contribution in [3.05, 3.63) is 0 Å². The first-order valence-corrected chi connectivity index (χ1v) is 7.27. The molecule has 20 heavy (non-hydrogen) atoms. The van der Waals surface area contributed by atoms with E-state index in [1.807, 2.05) is 0 Å². The highest BCUT2D eigenvalue weighted by Crippen LogP contribution is 2.19. The number of carboxylic acids is 1. The molecule has 0 aliphatic carbocycles. The summed E-state index contributed by atoms with van der Waals surface area (Å²) >= 11 is 0. The first kappa shape index (κ1) is 16.9. The SMILES string of the molecule is CC(C)C[C@H](CN)CC(=O)NCC1CCC(C(=O)O)O1. The maximum absolute atomic E-state index is 11.8. The van der Waals surface area contributed by atoms with Gasteiger partial charge in [-0.1, -0.05) is 13.8 Å². The summed E-state index contributed by atoms with van der Waals surface area (Å²) in [6.45, 7) is 5.10. The Labute approximate surface area is 120 Å². The van der Waals surface area contributed by atoms with Crippen molar-refractivity contribution in [2.75, 3.05) is 13.1 Å². The summed E-state index contributed by atoms with van der Waals surface area (Å²) in [7, 11) is 0. The number of hydrogen-bond donors (Lipinski definition) is 3. The highest BCUT2D eigenvalue weighted by molar-refractivity contribution is 5.76. The Balaban J connectivity index is 2.24. The molecular weight excluding hydrogens is 260 g/mol. The molecule has 6 nitrogen and oxygen atoms in total. The van der Waals surface area contributed by atoms with Crippen LogP contribution in [0.4, 0.5) is 0 Å². The van der Waals surface area contributed by atoms with E-state index in [9.17, 15) is 9.59 Å². The zero-order valence-corrected chi connectivity index (χ0v) is 12.3. The van der Waals surface area contributed by atoms with E-state index in [-0.39, 0.29) is 17.9 Å². The van der Waals surface area contributed by atoms with Gasteiger partial charge in [0.25, 0.3) is 0 Å². The second-order valence-corrected chi connectivity index (χ2v) is 5.90. The van der Waals surface area contributed by atoms with Crippen LogP contribution in [0, 0.1) is 11.8 Å². The molecule has 1 heterocycles. The lowest BCUT2D eigenvalue weighted by Crippen LogP contribution is -2.35. The van der Waals surface area contributed by atoms with Gasteiger partial charge in [0, 0.05) is 13.0 Å². The van der Waals surface area contributed by atoms with Gasteiger partial charge in [-0.3, -0.25) is 4.79 Å². The lowest BCUT2D eigenvalue weighted by atomic mass is 9.94. The molecule has 2 unspecified atom stereocenters. The summed E-state index contributed by atoms with van der Waals surface area (Å²) in [5, 5.41) is 11.6. The maximum Gasteiger partial charge on any atom is 0.332 e. The third-order valence-electron chi connectivity index (χ3n) is 3.52. The third-order valence-corrected chi connectivity index (χ3v) is 3.52. The Morgan fingerprint density at radius 1 is 1.40 bits per heavy atom. The topological polar surface area (TPSA) is 102 Å². The second-order valence-electron chi connectivity index (χ2n) is 5.90. The van der Waals surface area contributed by atoms with E-state index in [4.69, 9.17) is 15.6 Å². The van der Waals surface area contributed by atoms with Gasteiger partial charge in [0.1, 0.15) is 0 Å². The van der Waals surface area contributed by atoms with Crippen LogP contribution in [-0.4, -0.2) is 42.3 Å². The molecule has 0 radical (unpaired) electrons. The lowest BCUT2D eigenvalue weighted by Gasteiger charge is -2.17. The highest BCUT2D eigenvalue weighted by atomic mass is 16.5. The first-order chi connectivity index (χ1) is 9.42. The number of carbonyl (C=O) groups is 2. The summed E-state index contributed by atoms with van der Waals surface area (Å²) in [4.78, 5) is 22.6. The molecule has 3 atom stereocenters. The smallest absolute Gasteiger partial charge is 0.332 e. The Kier molecular flexibility index (Phi) is 6.95. The number of rotatable bonds is 8. The molecule has 1 aliphatic heterocycles. The average molecular weight is 286 g/mol. The Morgan fingerprint density at radius 3 is 2.60 bits per heavy atom. The molecule has 0 spiro atoms. The van der Waals surface area contributed by atoms with Gasteiger partial charge in [0.05, 0.1) is 6.10 Å². The van der Waals surface area contributed by atoms with Crippen LogP contribution in [0.1, 0.15) is 39.5 Å². The number of nitrogens with one attached hydrogen (secondary N) is 1. The summed E-state index contributed by atoms with van der Waals surface area (Å²) in [6.07, 6.45) is 1.61. The number of hydrogen-bond acceptors (Lipinski definition) is 4. The molecule has 0 aromatic rings. The van der Waals surface area contributed by atoms with E-state index < -0.39 is 12.1 Å². The summed E-state index contributed by atoms with van der Waals surface area (Å²) in [5.74, 6) is -0.250. The molecule has 0 aromatic carbocycles.